The Bertz CT molecular complexity index is 551. The molecule has 0 aromatic carbocycles. The van der Waals surface area contributed by atoms with Crippen LogP contribution in [-0.2, 0) is 0 Å². The number of nitrogens with one attached hydrogen (secondary N) is 2. The molecule has 0 saturated heterocycles. The Morgan fingerprint density at radius 1 is 1.36 bits per heavy atom. The highest BCUT2D eigenvalue weighted by Gasteiger charge is 2.31. The summed E-state index contributed by atoms with van der Waals surface area (Å²) in [6.07, 6.45) is 12.2. The van der Waals surface area contributed by atoms with Crippen LogP contribution in [0, 0.1) is 5.92 Å². The largest absolute Gasteiger partial charge is 0.382 e. The molecule has 2 aliphatic carbocycles. The number of allylic oxidation sites excluding steroid dienone is 3. The topological polar surface area (TPSA) is 76.1 Å². The first-order valence-corrected chi connectivity index (χ1v) is 8.39. The molecule has 0 spiro atoms. The van der Waals surface area contributed by atoms with E-state index in [2.05, 4.69) is 48.9 Å². The third kappa shape index (κ3) is 2.99. The molecule has 0 bridgehead atoms. The SMILES string of the molecule is CCC(CN)NC1=CC(C2CC(C)=CC(N)C2)=CC2=CNC21. The molecular weight excluding hydrogens is 272 g/mol. The maximum absolute atomic E-state index is 6.17. The molecule has 0 aromatic heterocycles. The van der Waals surface area contributed by atoms with E-state index < -0.39 is 0 Å². The van der Waals surface area contributed by atoms with Gasteiger partial charge in [-0.3, -0.25) is 0 Å². The molecule has 0 fully saturated rings. The van der Waals surface area contributed by atoms with Gasteiger partial charge >= 0.3 is 0 Å². The molecule has 3 aliphatic rings. The maximum Gasteiger partial charge on any atom is 0.0924 e. The van der Waals surface area contributed by atoms with Gasteiger partial charge in [0.05, 0.1) is 6.04 Å². The van der Waals surface area contributed by atoms with Crippen LogP contribution in [0.2, 0.25) is 0 Å². The zero-order valence-corrected chi connectivity index (χ0v) is 13.6. The molecule has 0 saturated carbocycles. The molecule has 4 unspecified atom stereocenters. The molecule has 0 radical (unpaired) electrons. The van der Waals surface area contributed by atoms with Crippen molar-refractivity contribution in [3.63, 3.8) is 0 Å². The summed E-state index contributed by atoms with van der Waals surface area (Å²) in [7, 11) is 0. The van der Waals surface area contributed by atoms with Crippen LogP contribution in [0.25, 0.3) is 0 Å². The van der Waals surface area contributed by atoms with Crippen LogP contribution in [0.1, 0.15) is 33.1 Å². The smallest absolute Gasteiger partial charge is 0.0924 e. The van der Waals surface area contributed by atoms with E-state index >= 15 is 0 Å². The molecule has 1 heterocycles. The van der Waals surface area contributed by atoms with E-state index in [0.717, 1.165) is 19.3 Å². The van der Waals surface area contributed by atoms with E-state index in [1.807, 2.05) is 0 Å². The molecule has 1 aliphatic heterocycles. The minimum absolute atomic E-state index is 0.183. The summed E-state index contributed by atoms with van der Waals surface area (Å²) in [5, 5.41) is 7.00. The first-order chi connectivity index (χ1) is 10.6. The second kappa shape index (κ2) is 6.31. The normalized spacial score (nSPS) is 31.5. The first-order valence-electron chi connectivity index (χ1n) is 8.39. The Kier molecular flexibility index (Phi) is 4.41. The fourth-order valence-electron chi connectivity index (χ4n) is 3.63. The summed E-state index contributed by atoms with van der Waals surface area (Å²) in [5.74, 6) is 0.525. The number of hydrogen-bond donors (Lipinski definition) is 4. The highest BCUT2D eigenvalue weighted by atomic mass is 15.1. The van der Waals surface area contributed by atoms with Gasteiger partial charge < -0.3 is 22.1 Å². The van der Waals surface area contributed by atoms with Crippen LogP contribution in [0.3, 0.4) is 0 Å². The molecule has 3 rings (SSSR count). The van der Waals surface area contributed by atoms with Crippen molar-refractivity contribution >= 4 is 0 Å². The molecule has 22 heavy (non-hydrogen) atoms. The van der Waals surface area contributed by atoms with Gasteiger partial charge in [0.1, 0.15) is 0 Å². The second-order valence-electron chi connectivity index (χ2n) is 6.79. The molecule has 0 amide bonds. The number of fused-ring (bicyclic) bond motifs is 1. The van der Waals surface area contributed by atoms with Crippen molar-refractivity contribution in [3.05, 3.63) is 46.8 Å². The average molecular weight is 300 g/mol. The maximum atomic E-state index is 6.17. The summed E-state index contributed by atoms with van der Waals surface area (Å²) in [5.41, 5.74) is 17.5. The zero-order chi connectivity index (χ0) is 15.7. The van der Waals surface area contributed by atoms with Crippen LogP contribution in [0.4, 0.5) is 0 Å². The fourth-order valence-corrected chi connectivity index (χ4v) is 3.63. The van der Waals surface area contributed by atoms with Crippen molar-refractivity contribution < 1.29 is 0 Å². The Hall–Kier alpha value is -1.52. The van der Waals surface area contributed by atoms with Gasteiger partial charge in [-0.2, -0.15) is 0 Å². The Morgan fingerprint density at radius 3 is 2.77 bits per heavy atom. The summed E-state index contributed by atoms with van der Waals surface area (Å²) in [6, 6.07) is 0.839. The molecule has 0 aromatic rings. The standard InChI is InChI=1S/C18H28N4/c1-3-16(9-19)22-17-8-13(6-14-10-21-18(14)17)12-4-11(2)5-15(20)7-12/h5-6,8,10,12,15-16,18,21-22H,3-4,7,9,19-20H2,1-2H3. The van der Waals surface area contributed by atoms with Gasteiger partial charge in [0.15, 0.2) is 0 Å². The van der Waals surface area contributed by atoms with E-state index in [-0.39, 0.29) is 6.04 Å². The molecule has 120 valence electrons. The highest BCUT2D eigenvalue weighted by Crippen LogP contribution is 2.36. The Balaban J connectivity index is 1.81. The molecule has 4 heteroatoms. The lowest BCUT2D eigenvalue weighted by molar-refractivity contribution is 0.484. The minimum Gasteiger partial charge on any atom is -0.382 e. The summed E-state index contributed by atoms with van der Waals surface area (Å²) >= 11 is 0. The van der Waals surface area contributed by atoms with E-state index in [1.165, 1.54) is 22.4 Å². The fraction of sp³-hybridized carbons (Fsp3) is 0.556. The van der Waals surface area contributed by atoms with Gasteiger partial charge in [-0.25, -0.2) is 0 Å². The van der Waals surface area contributed by atoms with Gasteiger partial charge in [-0.15, -0.1) is 0 Å². The summed E-state index contributed by atoms with van der Waals surface area (Å²) < 4.78 is 0. The monoisotopic (exact) mass is 300 g/mol. The van der Waals surface area contributed by atoms with E-state index in [0.29, 0.717) is 24.5 Å². The lowest BCUT2D eigenvalue weighted by Gasteiger charge is -2.38. The quantitative estimate of drug-likeness (QED) is 0.583. The van der Waals surface area contributed by atoms with Gasteiger partial charge in [0.2, 0.25) is 0 Å². The Morgan fingerprint density at radius 2 is 2.18 bits per heavy atom. The summed E-state index contributed by atoms with van der Waals surface area (Å²) in [4.78, 5) is 0. The molecule has 4 atom stereocenters. The van der Waals surface area contributed by atoms with Crippen molar-refractivity contribution in [1.29, 1.82) is 0 Å². The van der Waals surface area contributed by atoms with E-state index in [4.69, 9.17) is 11.5 Å². The van der Waals surface area contributed by atoms with Crippen molar-refractivity contribution in [2.45, 2.75) is 51.2 Å². The van der Waals surface area contributed by atoms with E-state index in [1.54, 1.807) is 0 Å². The van der Waals surface area contributed by atoms with Crippen molar-refractivity contribution in [1.82, 2.24) is 10.6 Å². The van der Waals surface area contributed by atoms with Crippen molar-refractivity contribution in [2.24, 2.45) is 17.4 Å². The third-order valence-electron chi connectivity index (χ3n) is 4.96. The lowest BCUT2D eigenvalue weighted by Crippen LogP contribution is -2.47. The number of hydrogen-bond acceptors (Lipinski definition) is 4. The van der Waals surface area contributed by atoms with Crippen molar-refractivity contribution in [2.75, 3.05) is 6.54 Å². The second-order valence-corrected chi connectivity index (χ2v) is 6.79. The van der Waals surface area contributed by atoms with Crippen molar-refractivity contribution in [3.8, 4) is 0 Å². The number of rotatable bonds is 5. The average Bonchev–Trinajstić information content (AvgIpc) is 2.45. The van der Waals surface area contributed by atoms with Gasteiger partial charge in [0, 0.05) is 30.5 Å². The first kappa shape index (κ1) is 15.4. The lowest BCUT2D eigenvalue weighted by atomic mass is 9.77. The van der Waals surface area contributed by atoms with Gasteiger partial charge in [-0.05, 0) is 49.3 Å². The van der Waals surface area contributed by atoms with E-state index in [9.17, 15) is 0 Å². The highest BCUT2D eigenvalue weighted by molar-refractivity contribution is 5.51. The predicted octanol–water partition coefficient (Wildman–Crippen LogP) is 1.68. The third-order valence-corrected chi connectivity index (χ3v) is 4.96. The molecular formula is C18H28N4. The van der Waals surface area contributed by atoms with Gasteiger partial charge in [-0.1, -0.05) is 24.6 Å². The minimum atomic E-state index is 0.183. The molecule has 6 N–H and O–H groups in total. The van der Waals surface area contributed by atoms with Crippen LogP contribution >= 0.6 is 0 Å². The molecule has 4 nitrogen and oxygen atoms in total. The van der Waals surface area contributed by atoms with Crippen LogP contribution in [-0.4, -0.2) is 24.7 Å². The Labute approximate surface area is 133 Å². The van der Waals surface area contributed by atoms with Crippen LogP contribution in [0.15, 0.2) is 46.8 Å². The van der Waals surface area contributed by atoms with Gasteiger partial charge in [0.25, 0.3) is 0 Å². The predicted molar refractivity (Wildman–Crippen MR) is 91.9 cm³/mol. The number of nitrogens with two attached hydrogens (primary N) is 2. The van der Waals surface area contributed by atoms with Crippen LogP contribution < -0.4 is 22.1 Å². The zero-order valence-electron chi connectivity index (χ0n) is 13.6. The van der Waals surface area contributed by atoms with Crippen LogP contribution in [0.5, 0.6) is 0 Å². The summed E-state index contributed by atoms with van der Waals surface area (Å²) in [6.45, 7) is 5.02.